The molecule has 2 aromatic heterocycles. The summed E-state index contributed by atoms with van der Waals surface area (Å²) in [5.41, 5.74) is 1.86. The van der Waals surface area contributed by atoms with Crippen LogP contribution < -0.4 is 9.80 Å². The molecule has 2 saturated heterocycles. The number of morpholine rings is 1. The molecule has 0 amide bonds. The van der Waals surface area contributed by atoms with Crippen molar-refractivity contribution in [2.24, 2.45) is 0 Å². The van der Waals surface area contributed by atoms with Gasteiger partial charge in [-0.25, -0.2) is 8.42 Å². The molecule has 0 radical (unpaired) electrons. The zero-order valence-electron chi connectivity index (χ0n) is 15.8. The molecule has 1 N–H and O–H groups in total. The molecule has 2 aliphatic heterocycles. The van der Waals surface area contributed by atoms with Crippen LogP contribution in [0, 0.1) is 6.92 Å². The van der Waals surface area contributed by atoms with Crippen molar-refractivity contribution in [3.63, 3.8) is 0 Å². The van der Waals surface area contributed by atoms with Crippen LogP contribution in [-0.2, 0) is 14.8 Å². The normalized spacial score (nSPS) is 19.8. The Balaban J connectivity index is 1.64. The molecule has 4 rings (SSSR count). The Hall–Kier alpha value is -1.91. The quantitative estimate of drug-likeness (QED) is 0.810. The van der Waals surface area contributed by atoms with E-state index in [4.69, 9.17) is 14.7 Å². The molecule has 0 aromatic carbocycles. The van der Waals surface area contributed by atoms with Crippen LogP contribution in [-0.4, -0.2) is 85.9 Å². The van der Waals surface area contributed by atoms with Crippen molar-refractivity contribution < 1.29 is 13.2 Å². The average molecular weight is 395 g/mol. The molecule has 148 valence electrons. The minimum atomic E-state index is -3.14. The molecule has 10 heteroatoms. The van der Waals surface area contributed by atoms with Gasteiger partial charge < -0.3 is 19.5 Å². The second kappa shape index (κ2) is 7.25. The van der Waals surface area contributed by atoms with Crippen LogP contribution in [0.4, 0.5) is 11.8 Å². The van der Waals surface area contributed by atoms with Crippen LogP contribution in [0.2, 0.25) is 0 Å². The van der Waals surface area contributed by atoms with Gasteiger partial charge >= 0.3 is 0 Å². The zero-order chi connectivity index (χ0) is 19.0. The van der Waals surface area contributed by atoms with Crippen LogP contribution in [0.5, 0.6) is 0 Å². The highest BCUT2D eigenvalue weighted by atomic mass is 32.2. The summed E-state index contributed by atoms with van der Waals surface area (Å²) in [6, 6.07) is 2.06. The number of fused-ring (bicyclic) bond motifs is 1. The monoisotopic (exact) mass is 394 g/mol. The van der Waals surface area contributed by atoms with Gasteiger partial charge in [0.1, 0.15) is 11.5 Å². The minimum absolute atomic E-state index is 0.142. The Morgan fingerprint density at radius 1 is 1.07 bits per heavy atom. The average Bonchev–Trinajstić information content (AvgIpc) is 3.08. The van der Waals surface area contributed by atoms with Crippen LogP contribution in [0.1, 0.15) is 12.6 Å². The lowest BCUT2D eigenvalue weighted by Crippen LogP contribution is -2.49. The number of anilines is 2. The Kier molecular flexibility index (Phi) is 4.95. The van der Waals surface area contributed by atoms with E-state index >= 15 is 0 Å². The molecule has 2 aliphatic rings. The van der Waals surface area contributed by atoms with Crippen molar-refractivity contribution in [2.75, 3.05) is 68.0 Å². The first-order valence-electron chi connectivity index (χ1n) is 9.41. The molecule has 2 aromatic rings. The van der Waals surface area contributed by atoms with Gasteiger partial charge in [0.25, 0.3) is 0 Å². The van der Waals surface area contributed by atoms with Crippen molar-refractivity contribution in [1.29, 1.82) is 0 Å². The number of aromatic amines is 1. The molecule has 9 nitrogen and oxygen atoms in total. The van der Waals surface area contributed by atoms with Gasteiger partial charge in [0, 0.05) is 45.0 Å². The topological polar surface area (TPSA) is 94.7 Å². The fourth-order valence-corrected chi connectivity index (χ4v) is 4.70. The number of aromatic nitrogens is 3. The summed E-state index contributed by atoms with van der Waals surface area (Å²) in [7, 11) is -3.14. The van der Waals surface area contributed by atoms with Gasteiger partial charge in [0.15, 0.2) is 0 Å². The van der Waals surface area contributed by atoms with Crippen molar-refractivity contribution in [1.82, 2.24) is 19.3 Å². The third-order valence-electron chi connectivity index (χ3n) is 5.18. The summed E-state index contributed by atoms with van der Waals surface area (Å²) in [6.07, 6.45) is 0. The van der Waals surface area contributed by atoms with E-state index in [-0.39, 0.29) is 5.75 Å². The Morgan fingerprint density at radius 2 is 1.78 bits per heavy atom. The van der Waals surface area contributed by atoms with E-state index in [0.717, 1.165) is 35.6 Å². The predicted molar refractivity (Wildman–Crippen MR) is 105 cm³/mol. The third kappa shape index (κ3) is 3.61. The predicted octanol–water partition coefficient (Wildman–Crippen LogP) is 0.575. The maximum absolute atomic E-state index is 12.1. The molecular formula is C17H26N6O3S. The smallest absolute Gasteiger partial charge is 0.229 e. The van der Waals surface area contributed by atoms with Gasteiger partial charge in [-0.1, -0.05) is 0 Å². The summed E-state index contributed by atoms with van der Waals surface area (Å²) >= 11 is 0. The van der Waals surface area contributed by atoms with Crippen molar-refractivity contribution in [3.05, 3.63) is 11.8 Å². The summed E-state index contributed by atoms with van der Waals surface area (Å²) in [6.45, 7) is 8.80. The second-order valence-corrected chi connectivity index (χ2v) is 9.21. The maximum Gasteiger partial charge on any atom is 0.229 e. The number of hydrogen-bond acceptors (Lipinski definition) is 7. The fourth-order valence-electron chi connectivity index (χ4n) is 3.62. The van der Waals surface area contributed by atoms with E-state index in [1.807, 2.05) is 6.92 Å². The van der Waals surface area contributed by atoms with E-state index in [9.17, 15) is 8.42 Å². The first kappa shape index (κ1) is 18.5. The number of piperazine rings is 1. The summed E-state index contributed by atoms with van der Waals surface area (Å²) < 4.78 is 31.3. The lowest BCUT2D eigenvalue weighted by molar-refractivity contribution is 0.122. The van der Waals surface area contributed by atoms with Gasteiger partial charge in [-0.3, -0.25) is 0 Å². The lowest BCUT2D eigenvalue weighted by Gasteiger charge is -2.35. The third-order valence-corrected chi connectivity index (χ3v) is 7.06. The van der Waals surface area contributed by atoms with Gasteiger partial charge in [0.2, 0.25) is 16.0 Å². The molecular weight excluding hydrogens is 368 g/mol. The zero-order valence-corrected chi connectivity index (χ0v) is 16.6. The molecule has 0 atom stereocenters. The minimum Gasteiger partial charge on any atom is -0.378 e. The van der Waals surface area contributed by atoms with Crippen molar-refractivity contribution >= 4 is 32.8 Å². The lowest BCUT2D eigenvalue weighted by atomic mass is 10.3. The molecule has 2 fully saturated rings. The van der Waals surface area contributed by atoms with E-state index < -0.39 is 10.0 Å². The highest BCUT2D eigenvalue weighted by Crippen LogP contribution is 2.28. The van der Waals surface area contributed by atoms with E-state index in [1.165, 1.54) is 0 Å². The van der Waals surface area contributed by atoms with Gasteiger partial charge in [-0.2, -0.15) is 14.3 Å². The van der Waals surface area contributed by atoms with Crippen molar-refractivity contribution in [3.8, 4) is 0 Å². The summed E-state index contributed by atoms with van der Waals surface area (Å²) in [4.78, 5) is 17.2. The van der Waals surface area contributed by atoms with Crippen LogP contribution in [0.15, 0.2) is 6.07 Å². The number of sulfonamides is 1. The Labute approximate surface area is 159 Å². The molecule has 0 unspecified atom stereocenters. The highest BCUT2D eigenvalue weighted by molar-refractivity contribution is 7.89. The summed E-state index contributed by atoms with van der Waals surface area (Å²) in [5.74, 6) is 1.72. The molecule has 0 aliphatic carbocycles. The number of nitrogens with zero attached hydrogens (tertiary/aromatic N) is 5. The number of hydrogen-bond donors (Lipinski definition) is 1. The van der Waals surface area contributed by atoms with Crippen molar-refractivity contribution in [2.45, 2.75) is 13.8 Å². The molecule has 0 saturated carbocycles. The molecule has 0 spiro atoms. The molecule has 27 heavy (non-hydrogen) atoms. The summed E-state index contributed by atoms with van der Waals surface area (Å²) in [5, 5.41) is 0.983. The van der Waals surface area contributed by atoms with Crippen LogP contribution >= 0.6 is 0 Å². The van der Waals surface area contributed by atoms with E-state index in [2.05, 4.69) is 20.9 Å². The van der Waals surface area contributed by atoms with E-state index in [1.54, 1.807) is 11.2 Å². The maximum atomic E-state index is 12.1. The first-order valence-corrected chi connectivity index (χ1v) is 11.0. The van der Waals surface area contributed by atoms with Gasteiger partial charge in [0.05, 0.1) is 24.4 Å². The van der Waals surface area contributed by atoms with Gasteiger partial charge in [-0.15, -0.1) is 0 Å². The standard InChI is InChI=1S/C17H26N6O3S/c1-3-27(24,25)23-6-4-21(5-7-23)16-14-12-13(2)18-15(14)19-17(20-16)22-8-10-26-11-9-22/h12H,3-11H2,1-2H3,(H,18,19,20). The number of aryl methyl sites for hydroxylation is 1. The Bertz CT molecular complexity index is 914. The number of nitrogens with one attached hydrogen (secondary N) is 1. The highest BCUT2D eigenvalue weighted by Gasteiger charge is 2.28. The van der Waals surface area contributed by atoms with Crippen LogP contribution in [0.3, 0.4) is 0 Å². The van der Waals surface area contributed by atoms with Gasteiger partial charge in [-0.05, 0) is 19.9 Å². The number of rotatable bonds is 4. The molecule has 0 bridgehead atoms. The number of H-pyrrole nitrogens is 1. The van der Waals surface area contributed by atoms with Crippen LogP contribution in [0.25, 0.3) is 11.0 Å². The largest absolute Gasteiger partial charge is 0.378 e. The second-order valence-electron chi connectivity index (χ2n) is 6.95. The number of ether oxygens (including phenoxy) is 1. The fraction of sp³-hybridized carbons (Fsp3) is 0.647. The Morgan fingerprint density at radius 3 is 2.44 bits per heavy atom. The molecule has 4 heterocycles. The first-order chi connectivity index (χ1) is 13.0. The van der Waals surface area contributed by atoms with E-state index in [0.29, 0.717) is 45.3 Å². The SMILES string of the molecule is CCS(=O)(=O)N1CCN(c2nc(N3CCOCC3)nc3[nH]c(C)cc23)CC1.